The van der Waals surface area contributed by atoms with Crippen LogP contribution in [0.1, 0.15) is 18.7 Å². The zero-order chi connectivity index (χ0) is 17.1. The van der Waals surface area contributed by atoms with Gasteiger partial charge in [-0.15, -0.1) is 0 Å². The minimum absolute atomic E-state index is 0.0443. The van der Waals surface area contributed by atoms with Crippen LogP contribution in [0, 0.1) is 0 Å². The van der Waals surface area contributed by atoms with Crippen LogP contribution in [0.3, 0.4) is 0 Å². The van der Waals surface area contributed by atoms with E-state index in [4.69, 9.17) is 9.47 Å². The van der Waals surface area contributed by atoms with E-state index in [1.165, 1.54) is 5.69 Å². The summed E-state index contributed by atoms with van der Waals surface area (Å²) in [7, 11) is 3.18. The molecule has 6 nitrogen and oxygen atoms in total. The summed E-state index contributed by atoms with van der Waals surface area (Å²) in [6, 6.07) is 9.73. The number of nitrogens with one attached hydrogen (secondary N) is 1. The number of methoxy groups -OCH3 is 2. The van der Waals surface area contributed by atoms with Gasteiger partial charge in [-0.3, -0.25) is 9.69 Å². The first kappa shape index (κ1) is 16.4. The zero-order valence-electron chi connectivity index (χ0n) is 14.3. The lowest BCUT2D eigenvalue weighted by atomic mass is 10.1. The molecular weight excluding hydrogens is 306 g/mol. The van der Waals surface area contributed by atoms with E-state index in [-0.39, 0.29) is 11.9 Å². The second-order valence-electron chi connectivity index (χ2n) is 5.92. The third-order valence-corrected chi connectivity index (χ3v) is 4.45. The molecule has 2 aromatic rings. The molecule has 0 aliphatic carbocycles. The molecule has 1 aliphatic rings. The molecule has 0 saturated heterocycles. The van der Waals surface area contributed by atoms with Gasteiger partial charge in [0.05, 0.1) is 20.8 Å². The Morgan fingerprint density at radius 1 is 1.21 bits per heavy atom. The van der Waals surface area contributed by atoms with Gasteiger partial charge >= 0.3 is 0 Å². The number of fused-ring (bicyclic) bond motifs is 1. The second-order valence-corrected chi connectivity index (χ2v) is 5.92. The normalized spacial score (nSPS) is 17.2. The molecule has 0 fully saturated rings. The fourth-order valence-corrected chi connectivity index (χ4v) is 3.11. The monoisotopic (exact) mass is 329 g/mol. The van der Waals surface area contributed by atoms with Crippen molar-refractivity contribution in [2.75, 3.05) is 32.6 Å². The predicted octanol–water partition coefficient (Wildman–Crippen LogP) is 2.52. The highest BCUT2D eigenvalue weighted by Gasteiger charge is 2.25. The predicted molar refractivity (Wildman–Crippen MR) is 92.6 cm³/mol. The molecule has 24 heavy (non-hydrogen) atoms. The fourth-order valence-electron chi connectivity index (χ4n) is 3.11. The van der Waals surface area contributed by atoms with Crippen molar-refractivity contribution in [2.24, 2.45) is 0 Å². The Morgan fingerprint density at radius 2 is 1.92 bits per heavy atom. The molecule has 0 spiro atoms. The van der Waals surface area contributed by atoms with Crippen LogP contribution in [0.25, 0.3) is 0 Å². The number of amides is 1. The van der Waals surface area contributed by atoms with E-state index < -0.39 is 0 Å². The molecule has 1 amide bonds. The summed E-state index contributed by atoms with van der Waals surface area (Å²) in [6.07, 6.45) is 2.09. The molecule has 128 valence electrons. The summed E-state index contributed by atoms with van der Waals surface area (Å²) in [6.45, 7) is 4.25. The van der Waals surface area contributed by atoms with Crippen molar-refractivity contribution < 1.29 is 14.3 Å². The van der Waals surface area contributed by atoms with E-state index in [0.29, 0.717) is 23.7 Å². The van der Waals surface area contributed by atoms with Crippen LogP contribution in [-0.4, -0.2) is 42.7 Å². The van der Waals surface area contributed by atoms with Crippen LogP contribution in [0.15, 0.2) is 36.5 Å². The molecule has 0 saturated carbocycles. The first-order valence-electron chi connectivity index (χ1n) is 8.02. The zero-order valence-corrected chi connectivity index (χ0v) is 14.3. The number of aromatic nitrogens is 1. The van der Waals surface area contributed by atoms with Crippen molar-refractivity contribution in [3.8, 4) is 11.5 Å². The smallest absolute Gasteiger partial charge is 0.238 e. The van der Waals surface area contributed by atoms with Crippen LogP contribution in [0.5, 0.6) is 11.5 Å². The van der Waals surface area contributed by atoms with Crippen LogP contribution in [0.4, 0.5) is 5.69 Å². The molecule has 1 aliphatic heterocycles. The topological polar surface area (TPSA) is 55.7 Å². The Hall–Kier alpha value is -2.47. The third kappa shape index (κ3) is 3.38. The summed E-state index contributed by atoms with van der Waals surface area (Å²) < 4.78 is 12.7. The Labute approximate surface area is 142 Å². The molecule has 2 heterocycles. The number of rotatable bonds is 5. The minimum atomic E-state index is -0.0443. The SMILES string of the molecule is COc1cc(NC(=O)CN2CCn3cccc3[C@@H]2C)cc(OC)c1. The van der Waals surface area contributed by atoms with Gasteiger partial charge in [-0.1, -0.05) is 0 Å². The number of carbonyl (C=O) groups excluding carboxylic acids is 1. The summed E-state index contributed by atoms with van der Waals surface area (Å²) in [5.41, 5.74) is 1.92. The Bertz CT molecular complexity index is 704. The van der Waals surface area contributed by atoms with Gasteiger partial charge in [-0.05, 0) is 19.1 Å². The fraction of sp³-hybridized carbons (Fsp3) is 0.389. The standard InChI is InChI=1S/C18H23N3O3/c1-13-17-5-4-6-20(17)7-8-21(13)12-18(22)19-14-9-15(23-2)11-16(10-14)24-3/h4-6,9-11,13H,7-8,12H2,1-3H3,(H,19,22)/t13-/m0/s1. The van der Waals surface area contributed by atoms with E-state index in [0.717, 1.165) is 13.1 Å². The van der Waals surface area contributed by atoms with Gasteiger partial charge < -0.3 is 19.4 Å². The Kier molecular flexibility index (Phi) is 4.76. The van der Waals surface area contributed by atoms with Gasteiger partial charge in [0.15, 0.2) is 0 Å². The van der Waals surface area contributed by atoms with Crippen LogP contribution < -0.4 is 14.8 Å². The maximum absolute atomic E-state index is 12.4. The largest absolute Gasteiger partial charge is 0.497 e. The van der Waals surface area contributed by atoms with Crippen molar-refractivity contribution >= 4 is 11.6 Å². The number of hydrogen-bond acceptors (Lipinski definition) is 4. The van der Waals surface area contributed by atoms with Gasteiger partial charge in [-0.25, -0.2) is 0 Å². The van der Waals surface area contributed by atoms with Gasteiger partial charge in [0.2, 0.25) is 5.91 Å². The average molecular weight is 329 g/mol. The third-order valence-electron chi connectivity index (χ3n) is 4.45. The Balaban J connectivity index is 1.66. The van der Waals surface area contributed by atoms with Crippen molar-refractivity contribution in [1.82, 2.24) is 9.47 Å². The summed E-state index contributed by atoms with van der Waals surface area (Å²) in [5, 5.41) is 2.93. The average Bonchev–Trinajstić information content (AvgIpc) is 3.06. The second kappa shape index (κ2) is 6.97. The lowest BCUT2D eigenvalue weighted by Crippen LogP contribution is -2.41. The van der Waals surface area contributed by atoms with Gasteiger partial charge in [0.25, 0.3) is 0 Å². The van der Waals surface area contributed by atoms with Crippen molar-refractivity contribution in [3.05, 3.63) is 42.2 Å². The minimum Gasteiger partial charge on any atom is -0.497 e. The maximum Gasteiger partial charge on any atom is 0.238 e. The number of carbonyl (C=O) groups is 1. The molecule has 1 N–H and O–H groups in total. The Morgan fingerprint density at radius 3 is 2.58 bits per heavy atom. The van der Waals surface area contributed by atoms with Crippen LogP contribution in [-0.2, 0) is 11.3 Å². The molecular formula is C18H23N3O3. The summed E-state index contributed by atoms with van der Waals surface area (Å²) in [4.78, 5) is 14.6. The molecule has 3 rings (SSSR count). The number of ether oxygens (including phenoxy) is 2. The van der Waals surface area contributed by atoms with Gasteiger partial charge in [-0.2, -0.15) is 0 Å². The number of anilines is 1. The first-order chi connectivity index (χ1) is 11.6. The number of hydrogen-bond donors (Lipinski definition) is 1. The molecule has 0 unspecified atom stereocenters. The highest BCUT2D eigenvalue weighted by atomic mass is 16.5. The van der Waals surface area contributed by atoms with E-state index in [2.05, 4.69) is 40.0 Å². The van der Waals surface area contributed by atoms with E-state index in [1.54, 1.807) is 32.4 Å². The van der Waals surface area contributed by atoms with Crippen LogP contribution in [0.2, 0.25) is 0 Å². The van der Waals surface area contributed by atoms with Crippen molar-refractivity contribution in [2.45, 2.75) is 19.5 Å². The van der Waals surface area contributed by atoms with E-state index >= 15 is 0 Å². The quantitative estimate of drug-likeness (QED) is 0.916. The highest BCUT2D eigenvalue weighted by molar-refractivity contribution is 5.92. The van der Waals surface area contributed by atoms with E-state index in [9.17, 15) is 4.79 Å². The molecule has 1 aromatic heterocycles. The molecule has 1 aromatic carbocycles. The number of benzene rings is 1. The lowest BCUT2D eigenvalue weighted by molar-refractivity contribution is -0.118. The van der Waals surface area contributed by atoms with Gasteiger partial charge in [0, 0.05) is 54.9 Å². The molecule has 6 heteroatoms. The highest BCUT2D eigenvalue weighted by Crippen LogP contribution is 2.27. The van der Waals surface area contributed by atoms with Gasteiger partial charge in [0.1, 0.15) is 11.5 Å². The lowest BCUT2D eigenvalue weighted by Gasteiger charge is -2.34. The summed E-state index contributed by atoms with van der Waals surface area (Å²) >= 11 is 0. The van der Waals surface area contributed by atoms with E-state index in [1.807, 2.05) is 0 Å². The van der Waals surface area contributed by atoms with Crippen molar-refractivity contribution in [3.63, 3.8) is 0 Å². The number of nitrogens with zero attached hydrogens (tertiary/aromatic N) is 2. The van der Waals surface area contributed by atoms with Crippen LogP contribution >= 0.6 is 0 Å². The maximum atomic E-state index is 12.4. The molecule has 0 bridgehead atoms. The summed E-state index contributed by atoms with van der Waals surface area (Å²) in [5.74, 6) is 1.25. The molecule has 0 radical (unpaired) electrons. The molecule has 1 atom stereocenters. The first-order valence-corrected chi connectivity index (χ1v) is 8.02. The van der Waals surface area contributed by atoms with Crippen molar-refractivity contribution in [1.29, 1.82) is 0 Å².